The lowest BCUT2D eigenvalue weighted by atomic mass is 10.0. The Morgan fingerprint density at radius 3 is 1.39 bits per heavy atom. The maximum absolute atomic E-state index is 4.67. The second-order valence-corrected chi connectivity index (χ2v) is 12.2. The van der Waals surface area contributed by atoms with Crippen molar-refractivity contribution in [2.75, 3.05) is 0 Å². The molecule has 0 saturated heterocycles. The van der Waals surface area contributed by atoms with Crippen LogP contribution in [0.2, 0.25) is 0 Å². The fraction of sp³-hybridized carbons (Fsp3) is 0.722. The molecule has 38 heavy (non-hydrogen) atoms. The van der Waals surface area contributed by atoms with Gasteiger partial charge in [-0.15, -0.1) is 0 Å². The van der Waals surface area contributed by atoms with Crippen LogP contribution in [0.1, 0.15) is 160 Å². The van der Waals surface area contributed by atoms with Gasteiger partial charge in [0.05, 0.1) is 0 Å². The average Bonchev–Trinajstić information content (AvgIpc) is 2.93. The van der Waals surface area contributed by atoms with Crippen molar-refractivity contribution in [3.63, 3.8) is 0 Å². The first kappa shape index (κ1) is 32.5. The first-order valence-corrected chi connectivity index (χ1v) is 16.6. The molecular formula is C36H60N2. The molecule has 214 valence electrons. The van der Waals surface area contributed by atoms with E-state index < -0.39 is 0 Å². The summed E-state index contributed by atoms with van der Waals surface area (Å²) in [5.74, 6) is 1.72. The van der Waals surface area contributed by atoms with Gasteiger partial charge in [-0.3, -0.25) is 0 Å². The Morgan fingerprint density at radius 1 is 0.500 bits per heavy atom. The van der Waals surface area contributed by atoms with Crippen LogP contribution in [0, 0.1) is 5.92 Å². The Labute approximate surface area is 236 Å². The van der Waals surface area contributed by atoms with Gasteiger partial charge in [-0.25, -0.2) is 9.97 Å². The van der Waals surface area contributed by atoms with E-state index in [-0.39, 0.29) is 0 Å². The molecule has 2 heteroatoms. The van der Waals surface area contributed by atoms with E-state index in [2.05, 4.69) is 55.0 Å². The minimum atomic E-state index is 0.854. The maximum atomic E-state index is 4.67. The van der Waals surface area contributed by atoms with Gasteiger partial charge in [0.1, 0.15) is 0 Å². The monoisotopic (exact) mass is 520 g/mol. The van der Waals surface area contributed by atoms with Crippen LogP contribution in [0.5, 0.6) is 0 Å². The number of unbranched alkanes of at least 4 members (excludes halogenated alkanes) is 17. The molecule has 0 aliphatic carbocycles. The van der Waals surface area contributed by atoms with Gasteiger partial charge < -0.3 is 0 Å². The van der Waals surface area contributed by atoms with Crippen LogP contribution in [0.15, 0.2) is 36.7 Å². The zero-order valence-electron chi connectivity index (χ0n) is 25.5. The first-order chi connectivity index (χ1) is 18.7. The molecule has 0 amide bonds. The number of aryl methyl sites for hydroxylation is 2. The summed E-state index contributed by atoms with van der Waals surface area (Å²) in [6.45, 7) is 6.95. The molecule has 2 nitrogen and oxygen atoms in total. The minimum Gasteiger partial charge on any atom is -0.236 e. The molecule has 0 aliphatic heterocycles. The fourth-order valence-electron chi connectivity index (χ4n) is 5.39. The molecule has 0 atom stereocenters. The standard InChI is InChI=1S/C36H60N2/c1-4-5-6-7-8-9-10-11-12-15-19-22-25-34-30-37-36(38-31-34)35-28-26-33(27-29-35)24-21-18-16-13-14-17-20-23-32(2)3/h26-32H,4-25H2,1-3H3. The van der Waals surface area contributed by atoms with Gasteiger partial charge >= 0.3 is 0 Å². The smallest absolute Gasteiger partial charge is 0.159 e. The molecule has 2 rings (SSSR count). The van der Waals surface area contributed by atoms with E-state index in [4.69, 9.17) is 0 Å². The van der Waals surface area contributed by atoms with E-state index >= 15 is 0 Å². The van der Waals surface area contributed by atoms with E-state index in [1.165, 1.54) is 146 Å². The molecule has 0 unspecified atom stereocenters. The molecule has 1 aromatic heterocycles. The quantitative estimate of drug-likeness (QED) is 0.129. The minimum absolute atomic E-state index is 0.854. The SMILES string of the molecule is CCCCCCCCCCCCCCc1cnc(-c2ccc(CCCCCCCCCC(C)C)cc2)nc1. The van der Waals surface area contributed by atoms with E-state index in [0.29, 0.717) is 0 Å². The van der Waals surface area contributed by atoms with Crippen molar-refractivity contribution in [1.29, 1.82) is 0 Å². The van der Waals surface area contributed by atoms with Crippen LogP contribution in [0.3, 0.4) is 0 Å². The number of hydrogen-bond donors (Lipinski definition) is 0. The molecule has 0 bridgehead atoms. The highest BCUT2D eigenvalue weighted by atomic mass is 14.9. The van der Waals surface area contributed by atoms with Crippen molar-refractivity contribution >= 4 is 0 Å². The second-order valence-electron chi connectivity index (χ2n) is 12.2. The third kappa shape index (κ3) is 16.3. The lowest BCUT2D eigenvalue weighted by Gasteiger charge is -2.06. The van der Waals surface area contributed by atoms with Crippen LogP contribution in [-0.4, -0.2) is 9.97 Å². The Morgan fingerprint density at radius 2 is 0.921 bits per heavy atom. The van der Waals surface area contributed by atoms with Crippen molar-refractivity contribution < 1.29 is 0 Å². The van der Waals surface area contributed by atoms with Crippen LogP contribution in [0.4, 0.5) is 0 Å². The van der Waals surface area contributed by atoms with Gasteiger partial charge in [-0.2, -0.15) is 0 Å². The predicted molar refractivity (Wildman–Crippen MR) is 168 cm³/mol. The molecule has 0 N–H and O–H groups in total. The molecule has 2 aromatic rings. The van der Waals surface area contributed by atoms with Gasteiger partial charge in [0.2, 0.25) is 0 Å². The number of aromatic nitrogens is 2. The van der Waals surface area contributed by atoms with Crippen molar-refractivity contribution in [1.82, 2.24) is 9.97 Å². The second kappa shape index (κ2) is 22.2. The molecule has 1 aromatic carbocycles. The Balaban J connectivity index is 1.51. The third-order valence-corrected chi connectivity index (χ3v) is 7.98. The van der Waals surface area contributed by atoms with Gasteiger partial charge in [0, 0.05) is 18.0 Å². The molecule has 1 heterocycles. The van der Waals surface area contributed by atoms with Crippen molar-refractivity contribution in [3.05, 3.63) is 47.8 Å². The van der Waals surface area contributed by atoms with E-state index in [1.807, 2.05) is 12.4 Å². The fourth-order valence-corrected chi connectivity index (χ4v) is 5.39. The van der Waals surface area contributed by atoms with Crippen LogP contribution >= 0.6 is 0 Å². The average molecular weight is 521 g/mol. The summed E-state index contributed by atoms with van der Waals surface area (Å²) in [4.78, 5) is 9.34. The Bertz CT molecular complexity index is 778. The lowest BCUT2D eigenvalue weighted by Crippen LogP contribution is -1.94. The lowest BCUT2D eigenvalue weighted by molar-refractivity contribution is 0.509. The van der Waals surface area contributed by atoms with Crippen LogP contribution in [-0.2, 0) is 12.8 Å². The number of rotatable bonds is 24. The van der Waals surface area contributed by atoms with Crippen LogP contribution in [0.25, 0.3) is 11.4 Å². The highest BCUT2D eigenvalue weighted by molar-refractivity contribution is 5.55. The number of benzene rings is 1. The van der Waals surface area contributed by atoms with Gasteiger partial charge in [0.25, 0.3) is 0 Å². The molecule has 0 fully saturated rings. The topological polar surface area (TPSA) is 25.8 Å². The maximum Gasteiger partial charge on any atom is 0.159 e. The Kier molecular flexibility index (Phi) is 19.0. The van der Waals surface area contributed by atoms with E-state index in [0.717, 1.165) is 23.7 Å². The van der Waals surface area contributed by atoms with E-state index in [9.17, 15) is 0 Å². The summed E-state index contributed by atoms with van der Waals surface area (Å²) in [7, 11) is 0. The molecular weight excluding hydrogens is 460 g/mol. The Hall–Kier alpha value is -1.70. The van der Waals surface area contributed by atoms with Gasteiger partial charge in [0.15, 0.2) is 5.82 Å². The van der Waals surface area contributed by atoms with Crippen molar-refractivity contribution in [2.24, 2.45) is 5.92 Å². The highest BCUT2D eigenvalue weighted by Gasteiger charge is 2.03. The third-order valence-electron chi connectivity index (χ3n) is 7.98. The number of hydrogen-bond acceptors (Lipinski definition) is 2. The molecule has 0 radical (unpaired) electrons. The zero-order chi connectivity index (χ0) is 27.1. The molecule has 0 aliphatic rings. The van der Waals surface area contributed by atoms with Crippen molar-refractivity contribution in [3.8, 4) is 11.4 Å². The summed E-state index contributed by atoms with van der Waals surface area (Å²) in [5, 5.41) is 0. The van der Waals surface area contributed by atoms with Crippen LogP contribution < -0.4 is 0 Å². The summed E-state index contributed by atoms with van der Waals surface area (Å²) in [5.41, 5.74) is 3.85. The summed E-state index contributed by atoms with van der Waals surface area (Å²) in [6.07, 6.45) is 34.2. The zero-order valence-corrected chi connectivity index (χ0v) is 25.5. The summed E-state index contributed by atoms with van der Waals surface area (Å²) in [6, 6.07) is 8.94. The van der Waals surface area contributed by atoms with Crippen molar-refractivity contribution in [2.45, 2.75) is 162 Å². The first-order valence-electron chi connectivity index (χ1n) is 16.6. The van der Waals surface area contributed by atoms with E-state index in [1.54, 1.807) is 0 Å². The van der Waals surface area contributed by atoms with Gasteiger partial charge in [-0.1, -0.05) is 161 Å². The molecule has 0 spiro atoms. The summed E-state index contributed by atoms with van der Waals surface area (Å²) >= 11 is 0. The van der Waals surface area contributed by atoms with Gasteiger partial charge in [-0.05, 0) is 42.7 Å². The summed E-state index contributed by atoms with van der Waals surface area (Å²) < 4.78 is 0. The highest BCUT2D eigenvalue weighted by Crippen LogP contribution is 2.19. The predicted octanol–water partition coefficient (Wildman–Crippen LogP) is 11.7. The largest absolute Gasteiger partial charge is 0.236 e. The molecule has 0 saturated carbocycles. The number of nitrogens with zero attached hydrogens (tertiary/aromatic N) is 2. The normalized spacial score (nSPS) is 11.5.